The molecule has 1 aromatic rings. The summed E-state index contributed by atoms with van der Waals surface area (Å²) < 4.78 is 0. The Balaban J connectivity index is 2.23. The van der Waals surface area contributed by atoms with Gasteiger partial charge in [0.25, 0.3) is 5.91 Å². The molecule has 1 aliphatic heterocycles. The fraction of sp³-hybridized carbons (Fsp3) is 0.476. The number of nitrogens with one attached hydrogen (secondary N) is 1. The highest BCUT2D eigenvalue weighted by atomic mass is 16.2. The molecule has 0 aromatic heterocycles. The number of hydrogen-bond acceptors (Lipinski definition) is 6. The summed E-state index contributed by atoms with van der Waals surface area (Å²) in [7, 11) is 1.49. The summed E-state index contributed by atoms with van der Waals surface area (Å²) in [5.41, 5.74) is 1.26. The third-order valence-corrected chi connectivity index (χ3v) is 5.34. The van der Waals surface area contributed by atoms with E-state index >= 15 is 0 Å². The molecule has 1 unspecified atom stereocenters. The van der Waals surface area contributed by atoms with Crippen molar-refractivity contribution in [1.29, 1.82) is 0 Å². The Bertz CT molecular complexity index is 772. The van der Waals surface area contributed by atoms with E-state index in [1.807, 2.05) is 6.92 Å². The zero-order chi connectivity index (χ0) is 21.4. The van der Waals surface area contributed by atoms with Crippen LogP contribution >= 0.6 is 0 Å². The third-order valence-electron chi connectivity index (χ3n) is 5.34. The third kappa shape index (κ3) is 5.28. The first-order chi connectivity index (χ1) is 14.0. The lowest BCUT2D eigenvalue weighted by molar-refractivity contribution is -0.128. The molecule has 0 aliphatic carbocycles. The lowest BCUT2D eigenvalue weighted by Gasteiger charge is -2.32. The van der Waals surface area contributed by atoms with Gasteiger partial charge >= 0.3 is 0 Å². The molecule has 29 heavy (non-hydrogen) atoms. The topological polar surface area (TPSA) is 104 Å². The van der Waals surface area contributed by atoms with Gasteiger partial charge in [0.15, 0.2) is 6.29 Å². The SMILES string of the molecule is CCCC(C(=O)NC=O)N(C)C(=O)c1ccc(N2CCC(C=O)CC2)cc1C=O. The number of hydrogen-bond donors (Lipinski definition) is 1. The number of carbonyl (C=O) groups is 5. The normalized spacial score (nSPS) is 15.3. The number of carbonyl (C=O) groups excluding carboxylic acids is 5. The number of likely N-dealkylation sites (N-methyl/N-ethyl adjacent to an activating group) is 1. The number of aldehydes is 2. The van der Waals surface area contributed by atoms with E-state index in [0.29, 0.717) is 38.6 Å². The second-order valence-corrected chi connectivity index (χ2v) is 7.20. The first-order valence-corrected chi connectivity index (χ1v) is 9.77. The molecule has 3 amide bonds. The van der Waals surface area contributed by atoms with Crippen molar-refractivity contribution in [1.82, 2.24) is 10.2 Å². The van der Waals surface area contributed by atoms with Crippen LogP contribution in [0.15, 0.2) is 18.2 Å². The van der Waals surface area contributed by atoms with Crippen LogP contribution in [-0.4, -0.2) is 61.9 Å². The van der Waals surface area contributed by atoms with Crippen LogP contribution in [0.4, 0.5) is 5.69 Å². The summed E-state index contributed by atoms with van der Waals surface area (Å²) in [5, 5.41) is 2.09. The first kappa shape index (κ1) is 22.3. The molecular formula is C21H27N3O5. The molecule has 1 atom stereocenters. The number of amides is 3. The zero-order valence-corrected chi connectivity index (χ0v) is 16.8. The van der Waals surface area contributed by atoms with E-state index in [2.05, 4.69) is 10.2 Å². The van der Waals surface area contributed by atoms with Gasteiger partial charge in [-0.3, -0.25) is 24.5 Å². The molecule has 0 bridgehead atoms. The molecule has 1 aliphatic rings. The second kappa shape index (κ2) is 10.5. The van der Waals surface area contributed by atoms with Gasteiger partial charge < -0.3 is 14.6 Å². The van der Waals surface area contributed by atoms with Crippen molar-refractivity contribution < 1.29 is 24.0 Å². The molecule has 1 N–H and O–H groups in total. The number of imide groups is 1. The Morgan fingerprint density at radius 1 is 1.24 bits per heavy atom. The van der Waals surface area contributed by atoms with Gasteiger partial charge in [-0.25, -0.2) is 0 Å². The molecular weight excluding hydrogens is 374 g/mol. The van der Waals surface area contributed by atoms with Crippen molar-refractivity contribution in [3.8, 4) is 0 Å². The highest BCUT2D eigenvalue weighted by Gasteiger charge is 2.28. The zero-order valence-electron chi connectivity index (χ0n) is 16.8. The highest BCUT2D eigenvalue weighted by Crippen LogP contribution is 2.25. The average molecular weight is 401 g/mol. The monoisotopic (exact) mass is 401 g/mol. The van der Waals surface area contributed by atoms with Crippen LogP contribution in [0.2, 0.25) is 0 Å². The summed E-state index contributed by atoms with van der Waals surface area (Å²) in [4.78, 5) is 61.6. The van der Waals surface area contributed by atoms with Crippen LogP contribution in [0.25, 0.3) is 0 Å². The first-order valence-electron chi connectivity index (χ1n) is 9.77. The minimum Gasteiger partial charge on any atom is -0.371 e. The fourth-order valence-corrected chi connectivity index (χ4v) is 3.59. The Hall–Kier alpha value is -3.03. The van der Waals surface area contributed by atoms with Gasteiger partial charge in [-0.2, -0.15) is 0 Å². The molecule has 1 fully saturated rings. The number of piperidine rings is 1. The van der Waals surface area contributed by atoms with Crippen molar-refractivity contribution in [3.63, 3.8) is 0 Å². The van der Waals surface area contributed by atoms with Crippen molar-refractivity contribution in [2.45, 2.75) is 38.6 Å². The Morgan fingerprint density at radius 2 is 1.93 bits per heavy atom. The molecule has 1 heterocycles. The minimum absolute atomic E-state index is 0.0688. The van der Waals surface area contributed by atoms with Crippen molar-refractivity contribution in [2.24, 2.45) is 5.92 Å². The summed E-state index contributed by atoms with van der Waals surface area (Å²) in [5.74, 6) is -0.947. The molecule has 8 heteroatoms. The summed E-state index contributed by atoms with van der Waals surface area (Å²) in [6.07, 6.45) is 4.46. The fourth-order valence-electron chi connectivity index (χ4n) is 3.59. The van der Waals surface area contributed by atoms with Crippen LogP contribution in [0.3, 0.4) is 0 Å². The smallest absolute Gasteiger partial charge is 0.255 e. The molecule has 0 radical (unpaired) electrons. The lowest BCUT2D eigenvalue weighted by atomic mass is 9.97. The van der Waals surface area contributed by atoms with Crippen LogP contribution in [-0.2, 0) is 14.4 Å². The van der Waals surface area contributed by atoms with Crippen molar-refractivity contribution in [3.05, 3.63) is 29.3 Å². The number of nitrogens with zero attached hydrogens (tertiary/aromatic N) is 2. The summed E-state index contributed by atoms with van der Waals surface area (Å²) >= 11 is 0. The van der Waals surface area contributed by atoms with Crippen LogP contribution < -0.4 is 10.2 Å². The van der Waals surface area contributed by atoms with E-state index in [0.717, 1.165) is 24.8 Å². The Labute approximate surface area is 170 Å². The maximum atomic E-state index is 13.0. The van der Waals surface area contributed by atoms with Crippen LogP contribution in [0, 0.1) is 5.92 Å². The Kier molecular flexibility index (Phi) is 8.06. The number of rotatable bonds is 9. The van der Waals surface area contributed by atoms with Gasteiger partial charge in [-0.1, -0.05) is 13.3 Å². The van der Waals surface area contributed by atoms with Gasteiger partial charge in [-0.05, 0) is 37.5 Å². The lowest BCUT2D eigenvalue weighted by Crippen LogP contribution is -2.47. The van der Waals surface area contributed by atoms with E-state index in [-0.39, 0.29) is 17.0 Å². The predicted molar refractivity (Wildman–Crippen MR) is 108 cm³/mol. The summed E-state index contributed by atoms with van der Waals surface area (Å²) in [6, 6.07) is 4.22. The Morgan fingerprint density at radius 3 is 2.48 bits per heavy atom. The molecule has 156 valence electrons. The maximum absolute atomic E-state index is 13.0. The average Bonchev–Trinajstić information content (AvgIpc) is 2.76. The van der Waals surface area contributed by atoms with Crippen LogP contribution in [0.5, 0.6) is 0 Å². The van der Waals surface area contributed by atoms with Crippen LogP contribution in [0.1, 0.15) is 53.3 Å². The molecule has 0 spiro atoms. The van der Waals surface area contributed by atoms with E-state index < -0.39 is 17.9 Å². The largest absolute Gasteiger partial charge is 0.371 e. The minimum atomic E-state index is -0.806. The van der Waals surface area contributed by atoms with Gasteiger partial charge in [0.1, 0.15) is 12.3 Å². The van der Waals surface area contributed by atoms with E-state index in [4.69, 9.17) is 0 Å². The molecule has 1 aromatic carbocycles. The molecule has 2 rings (SSSR count). The molecule has 1 saturated heterocycles. The van der Waals surface area contributed by atoms with E-state index in [1.165, 1.54) is 11.9 Å². The molecule has 0 saturated carbocycles. The highest BCUT2D eigenvalue weighted by molar-refractivity contribution is 6.04. The molecule has 8 nitrogen and oxygen atoms in total. The van der Waals surface area contributed by atoms with E-state index in [1.54, 1.807) is 18.2 Å². The van der Waals surface area contributed by atoms with Gasteiger partial charge in [0.2, 0.25) is 12.3 Å². The van der Waals surface area contributed by atoms with Gasteiger partial charge in [0, 0.05) is 37.3 Å². The van der Waals surface area contributed by atoms with Gasteiger partial charge in [0.05, 0.1) is 5.56 Å². The second-order valence-electron chi connectivity index (χ2n) is 7.20. The predicted octanol–water partition coefficient (Wildman–Crippen LogP) is 1.43. The quantitative estimate of drug-likeness (QED) is 0.628. The van der Waals surface area contributed by atoms with E-state index in [9.17, 15) is 24.0 Å². The number of benzene rings is 1. The van der Waals surface area contributed by atoms with Gasteiger partial charge in [-0.15, -0.1) is 0 Å². The van der Waals surface area contributed by atoms with Crippen molar-refractivity contribution in [2.75, 3.05) is 25.0 Å². The standard InChI is InChI=1S/C21H27N3O5/c1-3-4-19(20(28)22-14-27)23(2)21(29)18-6-5-17(11-16(18)13-26)24-9-7-15(12-25)8-10-24/h5-6,11-15,19H,3-4,7-10H2,1-2H3,(H,22,27,28). The maximum Gasteiger partial charge on any atom is 0.255 e. The summed E-state index contributed by atoms with van der Waals surface area (Å²) in [6.45, 7) is 3.29. The van der Waals surface area contributed by atoms with Crippen molar-refractivity contribution >= 4 is 36.5 Å². The number of anilines is 1.